The molecule has 3 N–H and O–H groups in total. The van der Waals surface area contributed by atoms with Gasteiger partial charge in [-0.1, -0.05) is 0 Å². The van der Waals surface area contributed by atoms with Crippen LogP contribution in [0.1, 0.15) is 42.4 Å². The first-order chi connectivity index (χ1) is 11.4. The maximum atomic E-state index is 13.1. The number of nitrogens with zero attached hydrogens (tertiary/aromatic N) is 5. The van der Waals surface area contributed by atoms with Crippen LogP contribution < -0.4 is 11.1 Å². The average Bonchev–Trinajstić information content (AvgIpc) is 3.10. The van der Waals surface area contributed by atoms with E-state index in [1.165, 1.54) is 27.7 Å². The van der Waals surface area contributed by atoms with E-state index in [0.717, 1.165) is 0 Å². The van der Waals surface area contributed by atoms with Crippen molar-refractivity contribution in [2.24, 2.45) is 0 Å². The number of halogens is 2. The molecule has 0 aliphatic heterocycles. The highest BCUT2D eigenvalue weighted by molar-refractivity contribution is 6.08. The lowest BCUT2D eigenvalue weighted by Gasteiger charge is -2.04. The number of alkyl halides is 2. The summed E-state index contributed by atoms with van der Waals surface area (Å²) in [5, 5.41) is 10.2. The van der Waals surface area contributed by atoms with Gasteiger partial charge in [-0.15, -0.1) is 0 Å². The first-order valence-electron chi connectivity index (χ1n) is 7.15. The molecule has 3 rings (SSSR count). The van der Waals surface area contributed by atoms with Crippen LogP contribution in [-0.4, -0.2) is 30.3 Å². The summed E-state index contributed by atoms with van der Waals surface area (Å²) < 4.78 is 29.0. The summed E-state index contributed by atoms with van der Waals surface area (Å²) in [5.41, 5.74) is 5.44. The molecule has 3 aromatic rings. The van der Waals surface area contributed by atoms with E-state index in [9.17, 15) is 13.6 Å². The van der Waals surface area contributed by atoms with Gasteiger partial charge in [-0.3, -0.25) is 9.48 Å². The number of fused-ring (bicyclic) bond motifs is 1. The summed E-state index contributed by atoms with van der Waals surface area (Å²) in [6.07, 6.45) is 1.41. The van der Waals surface area contributed by atoms with Gasteiger partial charge in [-0.05, 0) is 19.9 Å². The van der Waals surface area contributed by atoms with E-state index in [0.29, 0.717) is 0 Å². The van der Waals surface area contributed by atoms with E-state index in [2.05, 4.69) is 20.5 Å². The number of nitrogen functional groups attached to an aromatic ring is 1. The summed E-state index contributed by atoms with van der Waals surface area (Å²) in [4.78, 5) is 16.5. The van der Waals surface area contributed by atoms with E-state index >= 15 is 0 Å². The van der Waals surface area contributed by atoms with E-state index in [-0.39, 0.29) is 28.8 Å². The second-order valence-corrected chi connectivity index (χ2v) is 5.44. The average molecular weight is 335 g/mol. The van der Waals surface area contributed by atoms with Gasteiger partial charge in [0.2, 0.25) is 0 Å². The minimum absolute atomic E-state index is 0.0491. The molecular formula is C14H15F2N7O. The Morgan fingerprint density at radius 1 is 1.38 bits per heavy atom. The number of nitrogens with one attached hydrogen (secondary N) is 1. The molecule has 0 atom stereocenters. The number of hydrogen-bond donors (Lipinski definition) is 2. The van der Waals surface area contributed by atoms with Crippen LogP contribution in [-0.2, 0) is 0 Å². The molecule has 1 amide bonds. The van der Waals surface area contributed by atoms with Gasteiger partial charge in [0.05, 0.1) is 11.9 Å². The van der Waals surface area contributed by atoms with Gasteiger partial charge in [0.25, 0.3) is 12.3 Å². The number of carbonyl (C=O) groups excluding carboxylic acids is 1. The topological polar surface area (TPSA) is 103 Å². The minimum Gasteiger partial charge on any atom is -0.384 e. The van der Waals surface area contributed by atoms with Crippen LogP contribution in [0.2, 0.25) is 0 Å². The normalized spacial score (nSPS) is 11.6. The lowest BCUT2D eigenvalue weighted by atomic mass is 10.3. The minimum atomic E-state index is -2.81. The van der Waals surface area contributed by atoms with Crippen molar-refractivity contribution in [2.75, 3.05) is 11.1 Å². The number of anilines is 2. The molecule has 0 aliphatic rings. The fourth-order valence-electron chi connectivity index (χ4n) is 2.16. The Morgan fingerprint density at radius 2 is 2.12 bits per heavy atom. The quantitative estimate of drug-likeness (QED) is 0.761. The molecule has 0 radical (unpaired) electrons. The van der Waals surface area contributed by atoms with Gasteiger partial charge in [0, 0.05) is 18.4 Å². The molecule has 0 saturated carbocycles. The first kappa shape index (κ1) is 15.8. The Morgan fingerprint density at radius 3 is 2.79 bits per heavy atom. The molecule has 0 spiro atoms. The monoisotopic (exact) mass is 335 g/mol. The third-order valence-electron chi connectivity index (χ3n) is 3.38. The van der Waals surface area contributed by atoms with Crippen molar-refractivity contribution in [1.82, 2.24) is 24.4 Å². The van der Waals surface area contributed by atoms with E-state index in [1.807, 2.05) is 0 Å². The summed E-state index contributed by atoms with van der Waals surface area (Å²) in [6, 6.07) is 1.41. The number of amides is 1. The Kier molecular flexibility index (Phi) is 3.87. The molecule has 3 heterocycles. The molecule has 24 heavy (non-hydrogen) atoms. The van der Waals surface area contributed by atoms with Crippen molar-refractivity contribution < 1.29 is 13.6 Å². The first-order valence-corrected chi connectivity index (χ1v) is 7.15. The highest BCUT2D eigenvalue weighted by Gasteiger charge is 2.22. The lowest BCUT2D eigenvalue weighted by Crippen LogP contribution is -2.13. The lowest BCUT2D eigenvalue weighted by molar-refractivity contribution is 0.102. The third kappa shape index (κ3) is 2.77. The maximum Gasteiger partial charge on any atom is 0.284 e. The van der Waals surface area contributed by atoms with Crippen molar-refractivity contribution in [3.05, 3.63) is 35.9 Å². The highest BCUT2D eigenvalue weighted by Crippen LogP contribution is 2.27. The molecule has 126 valence electrons. The zero-order valence-electron chi connectivity index (χ0n) is 12.9. The molecule has 0 aliphatic carbocycles. The predicted octanol–water partition coefficient (Wildman–Crippen LogP) is 2.28. The molecule has 0 aromatic carbocycles. The second-order valence-electron chi connectivity index (χ2n) is 5.44. The molecule has 0 unspecified atom stereocenters. The van der Waals surface area contributed by atoms with Gasteiger partial charge in [0.15, 0.2) is 11.3 Å². The number of hydrogen-bond acceptors (Lipinski definition) is 5. The SMILES string of the molecule is CC(C)n1cc(NC(=O)c2cnn3ccc(N)nc23)c(C(F)F)n1. The molecule has 0 fully saturated rings. The zero-order chi connectivity index (χ0) is 17.4. The molecular weight excluding hydrogens is 320 g/mol. The van der Waals surface area contributed by atoms with Crippen molar-refractivity contribution in [3.63, 3.8) is 0 Å². The van der Waals surface area contributed by atoms with Gasteiger partial charge >= 0.3 is 0 Å². The van der Waals surface area contributed by atoms with Crippen LogP contribution in [0.3, 0.4) is 0 Å². The van der Waals surface area contributed by atoms with Gasteiger partial charge in [-0.25, -0.2) is 18.3 Å². The van der Waals surface area contributed by atoms with Crippen molar-refractivity contribution in [2.45, 2.75) is 26.3 Å². The van der Waals surface area contributed by atoms with Crippen molar-refractivity contribution in [3.8, 4) is 0 Å². The van der Waals surface area contributed by atoms with Crippen LogP contribution in [0.5, 0.6) is 0 Å². The van der Waals surface area contributed by atoms with Crippen LogP contribution in [0.15, 0.2) is 24.7 Å². The van der Waals surface area contributed by atoms with Crippen LogP contribution in [0, 0.1) is 0 Å². The van der Waals surface area contributed by atoms with E-state index in [1.54, 1.807) is 20.0 Å². The van der Waals surface area contributed by atoms with Crippen molar-refractivity contribution in [1.29, 1.82) is 0 Å². The molecule has 10 heteroatoms. The Hall–Kier alpha value is -3.04. The van der Waals surface area contributed by atoms with Crippen LogP contribution >= 0.6 is 0 Å². The van der Waals surface area contributed by atoms with Gasteiger partial charge < -0.3 is 11.1 Å². The zero-order valence-corrected chi connectivity index (χ0v) is 12.9. The standard InChI is InChI=1S/C14H15F2N7O/c1-7(2)23-6-9(11(21-23)12(15)16)19-14(24)8-5-18-22-4-3-10(17)20-13(8)22/h3-7,12H,1-2H3,(H2,17,20)(H,19,24). The summed E-state index contributed by atoms with van der Waals surface area (Å²) in [6.45, 7) is 3.59. The van der Waals surface area contributed by atoms with E-state index in [4.69, 9.17) is 5.73 Å². The predicted molar refractivity (Wildman–Crippen MR) is 82.9 cm³/mol. The maximum absolute atomic E-state index is 13.1. The Balaban J connectivity index is 1.95. The number of carbonyl (C=O) groups is 1. The second kappa shape index (κ2) is 5.87. The van der Waals surface area contributed by atoms with Crippen LogP contribution in [0.4, 0.5) is 20.3 Å². The van der Waals surface area contributed by atoms with Gasteiger partial charge in [0.1, 0.15) is 11.4 Å². The number of aromatic nitrogens is 5. The summed E-state index contributed by atoms with van der Waals surface area (Å²) in [7, 11) is 0. The molecule has 0 bridgehead atoms. The Labute approximate surface area is 135 Å². The van der Waals surface area contributed by atoms with Crippen LogP contribution in [0.25, 0.3) is 5.65 Å². The molecule has 0 saturated heterocycles. The van der Waals surface area contributed by atoms with E-state index < -0.39 is 18.0 Å². The molecule has 3 aromatic heterocycles. The largest absolute Gasteiger partial charge is 0.384 e. The summed E-state index contributed by atoms with van der Waals surface area (Å²) in [5.74, 6) is -0.397. The Bertz CT molecular complexity index is 900. The fraction of sp³-hybridized carbons (Fsp3) is 0.286. The third-order valence-corrected chi connectivity index (χ3v) is 3.38. The summed E-state index contributed by atoms with van der Waals surface area (Å²) >= 11 is 0. The molecule has 8 nitrogen and oxygen atoms in total. The van der Waals surface area contributed by atoms with Gasteiger partial charge in [-0.2, -0.15) is 10.2 Å². The number of nitrogens with two attached hydrogens (primary N) is 1. The number of rotatable bonds is 4. The fourth-order valence-corrected chi connectivity index (χ4v) is 2.16. The highest BCUT2D eigenvalue weighted by atomic mass is 19.3. The smallest absolute Gasteiger partial charge is 0.284 e. The van der Waals surface area contributed by atoms with Crippen molar-refractivity contribution >= 4 is 23.1 Å².